The molecule has 0 radical (unpaired) electrons. The highest BCUT2D eigenvalue weighted by Crippen LogP contribution is 2.23. The van der Waals surface area contributed by atoms with Crippen molar-refractivity contribution in [2.45, 2.75) is 52.0 Å². The van der Waals surface area contributed by atoms with E-state index in [9.17, 15) is 9.59 Å². The predicted octanol–water partition coefficient (Wildman–Crippen LogP) is 1.60. The van der Waals surface area contributed by atoms with Crippen molar-refractivity contribution in [2.24, 2.45) is 7.05 Å². The van der Waals surface area contributed by atoms with E-state index in [-0.39, 0.29) is 5.56 Å². The highest BCUT2D eigenvalue weighted by molar-refractivity contribution is 5.74. The normalized spacial score (nSPS) is 16.0. The summed E-state index contributed by atoms with van der Waals surface area (Å²) >= 11 is 0. The standard InChI is InChI=1S/C16H25N5O2/c1-3-4-11-21-12-13(19(2)16(23)18-14(12)22)17-15(21)20-9-7-5-6-8-10-20/h3-11H2,1-2H3,(H,18,22,23). The molecule has 1 N–H and O–H groups in total. The molecule has 7 heteroatoms. The van der Waals surface area contributed by atoms with E-state index < -0.39 is 5.69 Å². The number of aromatic amines is 1. The van der Waals surface area contributed by atoms with Crippen molar-refractivity contribution in [2.75, 3.05) is 18.0 Å². The van der Waals surface area contributed by atoms with Crippen LogP contribution in [0.4, 0.5) is 5.95 Å². The van der Waals surface area contributed by atoms with Crippen LogP contribution in [0.1, 0.15) is 45.4 Å². The number of aryl methyl sites for hydroxylation is 2. The summed E-state index contributed by atoms with van der Waals surface area (Å²) in [6.07, 6.45) is 6.80. The van der Waals surface area contributed by atoms with Crippen LogP contribution in [0.5, 0.6) is 0 Å². The van der Waals surface area contributed by atoms with Crippen molar-refractivity contribution in [1.29, 1.82) is 0 Å². The van der Waals surface area contributed by atoms with Crippen LogP contribution in [0.15, 0.2) is 9.59 Å². The maximum Gasteiger partial charge on any atom is 0.329 e. The SMILES string of the molecule is CCCCn1c(N2CCCCCC2)nc2c1c(=O)[nH]c(=O)n2C. The summed E-state index contributed by atoms with van der Waals surface area (Å²) in [4.78, 5) is 33.6. The highest BCUT2D eigenvalue weighted by Gasteiger charge is 2.21. The number of nitrogens with zero attached hydrogens (tertiary/aromatic N) is 4. The fourth-order valence-corrected chi connectivity index (χ4v) is 3.26. The van der Waals surface area contributed by atoms with Gasteiger partial charge in [0, 0.05) is 26.7 Å². The molecule has 7 nitrogen and oxygen atoms in total. The minimum absolute atomic E-state index is 0.340. The molecule has 0 saturated carbocycles. The Bertz CT molecular complexity index is 793. The Kier molecular flexibility index (Phi) is 4.54. The van der Waals surface area contributed by atoms with Crippen molar-refractivity contribution in [3.05, 3.63) is 20.8 Å². The molecule has 3 heterocycles. The van der Waals surface area contributed by atoms with Crippen molar-refractivity contribution in [1.82, 2.24) is 19.1 Å². The maximum atomic E-state index is 12.4. The summed E-state index contributed by atoms with van der Waals surface area (Å²) in [6.45, 7) is 4.80. The molecule has 23 heavy (non-hydrogen) atoms. The maximum absolute atomic E-state index is 12.4. The minimum atomic E-state index is -0.412. The lowest BCUT2D eigenvalue weighted by Crippen LogP contribution is -2.30. The van der Waals surface area contributed by atoms with Crippen LogP contribution in [0, 0.1) is 0 Å². The minimum Gasteiger partial charge on any atom is -0.342 e. The van der Waals surface area contributed by atoms with Gasteiger partial charge in [0.25, 0.3) is 5.56 Å². The van der Waals surface area contributed by atoms with Crippen LogP contribution in [0.3, 0.4) is 0 Å². The molecular formula is C16H25N5O2. The molecule has 2 aromatic heterocycles. The Labute approximate surface area is 134 Å². The van der Waals surface area contributed by atoms with E-state index >= 15 is 0 Å². The molecule has 1 saturated heterocycles. The molecule has 1 aliphatic heterocycles. The summed E-state index contributed by atoms with van der Waals surface area (Å²) in [5.41, 5.74) is 0.242. The second-order valence-corrected chi connectivity index (χ2v) is 6.31. The zero-order valence-corrected chi connectivity index (χ0v) is 14.0. The fourth-order valence-electron chi connectivity index (χ4n) is 3.26. The van der Waals surface area contributed by atoms with Gasteiger partial charge in [-0.1, -0.05) is 26.2 Å². The van der Waals surface area contributed by atoms with Crippen LogP contribution < -0.4 is 16.1 Å². The number of H-pyrrole nitrogens is 1. The third-order valence-corrected chi connectivity index (χ3v) is 4.61. The van der Waals surface area contributed by atoms with Gasteiger partial charge in [-0.25, -0.2) is 4.79 Å². The predicted molar refractivity (Wildman–Crippen MR) is 91.2 cm³/mol. The molecule has 0 amide bonds. The molecular weight excluding hydrogens is 294 g/mol. The lowest BCUT2D eigenvalue weighted by Gasteiger charge is -2.22. The lowest BCUT2D eigenvalue weighted by atomic mass is 10.2. The number of fused-ring (bicyclic) bond motifs is 1. The molecule has 0 aliphatic carbocycles. The van der Waals surface area contributed by atoms with E-state index in [1.54, 1.807) is 7.05 Å². The Morgan fingerprint density at radius 3 is 2.48 bits per heavy atom. The second kappa shape index (κ2) is 6.60. The van der Waals surface area contributed by atoms with Gasteiger partial charge in [0.2, 0.25) is 5.95 Å². The van der Waals surface area contributed by atoms with E-state index in [2.05, 4.69) is 21.8 Å². The number of anilines is 1. The monoisotopic (exact) mass is 319 g/mol. The first-order chi connectivity index (χ1) is 11.1. The molecule has 0 aromatic carbocycles. The summed E-state index contributed by atoms with van der Waals surface area (Å²) in [6, 6.07) is 0. The summed E-state index contributed by atoms with van der Waals surface area (Å²) < 4.78 is 3.43. The van der Waals surface area contributed by atoms with Crippen molar-refractivity contribution < 1.29 is 0 Å². The molecule has 0 unspecified atom stereocenters. The van der Waals surface area contributed by atoms with E-state index in [1.165, 1.54) is 17.4 Å². The van der Waals surface area contributed by atoms with E-state index in [0.29, 0.717) is 11.2 Å². The van der Waals surface area contributed by atoms with Gasteiger partial charge in [-0.15, -0.1) is 0 Å². The third kappa shape index (κ3) is 2.92. The molecule has 0 spiro atoms. The van der Waals surface area contributed by atoms with Gasteiger partial charge in [-0.2, -0.15) is 4.98 Å². The van der Waals surface area contributed by atoms with Crippen LogP contribution in [0.2, 0.25) is 0 Å². The topological polar surface area (TPSA) is 75.9 Å². The lowest BCUT2D eigenvalue weighted by molar-refractivity contribution is 0.624. The van der Waals surface area contributed by atoms with Gasteiger partial charge in [0.15, 0.2) is 11.2 Å². The average molecular weight is 319 g/mol. The molecule has 126 valence electrons. The first-order valence-electron chi connectivity index (χ1n) is 8.58. The molecule has 1 fully saturated rings. The number of hydrogen-bond acceptors (Lipinski definition) is 4. The number of unbranched alkanes of at least 4 members (excludes halogenated alkanes) is 1. The molecule has 0 bridgehead atoms. The van der Waals surface area contributed by atoms with Crippen LogP contribution in [-0.4, -0.2) is 32.2 Å². The Hall–Kier alpha value is -2.05. The Morgan fingerprint density at radius 1 is 1.13 bits per heavy atom. The zero-order chi connectivity index (χ0) is 16.4. The van der Waals surface area contributed by atoms with E-state index in [1.807, 2.05) is 4.57 Å². The Balaban J connectivity index is 2.19. The summed E-state index contributed by atoms with van der Waals surface area (Å²) in [5.74, 6) is 0.835. The van der Waals surface area contributed by atoms with Crippen LogP contribution in [-0.2, 0) is 13.6 Å². The smallest absolute Gasteiger partial charge is 0.329 e. The number of hydrogen-bond donors (Lipinski definition) is 1. The highest BCUT2D eigenvalue weighted by atomic mass is 16.2. The van der Waals surface area contributed by atoms with Gasteiger partial charge in [0.1, 0.15) is 0 Å². The van der Waals surface area contributed by atoms with Crippen LogP contribution in [0.25, 0.3) is 11.2 Å². The van der Waals surface area contributed by atoms with Crippen LogP contribution >= 0.6 is 0 Å². The first-order valence-corrected chi connectivity index (χ1v) is 8.58. The molecule has 0 atom stereocenters. The van der Waals surface area contributed by atoms with Gasteiger partial charge >= 0.3 is 5.69 Å². The first kappa shape index (κ1) is 15.8. The van der Waals surface area contributed by atoms with E-state index in [4.69, 9.17) is 0 Å². The summed E-state index contributed by atoms with van der Waals surface area (Å²) in [7, 11) is 1.66. The third-order valence-electron chi connectivity index (χ3n) is 4.61. The number of nitrogens with one attached hydrogen (secondary N) is 1. The molecule has 1 aliphatic rings. The average Bonchev–Trinajstić information content (AvgIpc) is 2.71. The van der Waals surface area contributed by atoms with Crippen molar-refractivity contribution in [3.63, 3.8) is 0 Å². The number of aromatic nitrogens is 4. The largest absolute Gasteiger partial charge is 0.342 e. The molecule has 3 rings (SSSR count). The summed E-state index contributed by atoms with van der Waals surface area (Å²) in [5, 5.41) is 0. The second-order valence-electron chi connectivity index (χ2n) is 6.31. The van der Waals surface area contributed by atoms with Gasteiger partial charge in [-0.3, -0.25) is 14.3 Å². The number of imidazole rings is 1. The Morgan fingerprint density at radius 2 is 1.83 bits per heavy atom. The number of rotatable bonds is 4. The van der Waals surface area contributed by atoms with Gasteiger partial charge in [0.05, 0.1) is 0 Å². The van der Waals surface area contributed by atoms with Gasteiger partial charge < -0.3 is 9.47 Å². The molecule has 2 aromatic rings. The van der Waals surface area contributed by atoms with Crippen molar-refractivity contribution >= 4 is 17.1 Å². The quantitative estimate of drug-likeness (QED) is 0.929. The fraction of sp³-hybridized carbons (Fsp3) is 0.688. The van der Waals surface area contributed by atoms with Gasteiger partial charge in [-0.05, 0) is 19.3 Å². The van der Waals surface area contributed by atoms with E-state index in [0.717, 1.165) is 51.3 Å². The van der Waals surface area contributed by atoms with Crippen molar-refractivity contribution in [3.8, 4) is 0 Å². The zero-order valence-electron chi connectivity index (χ0n) is 14.0.